The number of nitrogens with one attached hydrogen (secondary N) is 2. The van der Waals surface area contributed by atoms with Crippen molar-refractivity contribution in [3.63, 3.8) is 0 Å². The number of nitrogens with zero attached hydrogens (tertiary/aromatic N) is 1. The number of hydrogen-bond acceptors (Lipinski definition) is 3. The van der Waals surface area contributed by atoms with Crippen LogP contribution in [-0.4, -0.2) is 29.2 Å². The number of hydrogen-bond donors (Lipinski definition) is 2. The predicted octanol–water partition coefficient (Wildman–Crippen LogP) is 2.13. The van der Waals surface area contributed by atoms with Crippen LogP contribution in [0.4, 0.5) is 0 Å². The summed E-state index contributed by atoms with van der Waals surface area (Å²) in [4.78, 5) is 37.9. The third kappa shape index (κ3) is 5.67. The van der Waals surface area contributed by atoms with Gasteiger partial charge in [0.2, 0.25) is 17.7 Å². The monoisotopic (exact) mass is 379 g/mol. The molecule has 0 unspecified atom stereocenters. The molecule has 1 heterocycles. The van der Waals surface area contributed by atoms with Gasteiger partial charge in [0.05, 0.1) is 0 Å². The van der Waals surface area contributed by atoms with Gasteiger partial charge in [-0.05, 0) is 29.5 Å². The van der Waals surface area contributed by atoms with Crippen LogP contribution in [0.5, 0.6) is 0 Å². The highest BCUT2D eigenvalue weighted by Crippen LogP contribution is 2.19. The molecule has 3 amide bonds. The predicted molar refractivity (Wildman–Crippen MR) is 106 cm³/mol. The Morgan fingerprint density at radius 1 is 0.786 bits per heavy atom. The second-order valence-corrected chi connectivity index (χ2v) is 6.92. The van der Waals surface area contributed by atoms with E-state index >= 15 is 0 Å². The molecule has 28 heavy (non-hydrogen) atoms. The zero-order chi connectivity index (χ0) is 19.8. The van der Waals surface area contributed by atoms with Crippen molar-refractivity contribution in [1.29, 1.82) is 0 Å². The molecule has 0 spiro atoms. The van der Waals surface area contributed by atoms with Crippen LogP contribution in [0, 0.1) is 0 Å². The average molecular weight is 379 g/mol. The van der Waals surface area contributed by atoms with Crippen molar-refractivity contribution in [2.75, 3.05) is 6.54 Å². The summed E-state index contributed by atoms with van der Waals surface area (Å²) < 4.78 is 0. The summed E-state index contributed by atoms with van der Waals surface area (Å²) >= 11 is 0. The summed E-state index contributed by atoms with van der Waals surface area (Å²) in [6, 6.07) is 17.8. The lowest BCUT2D eigenvalue weighted by Gasteiger charge is -2.28. The quantitative estimate of drug-likeness (QED) is 0.755. The smallest absolute Gasteiger partial charge is 0.238 e. The van der Waals surface area contributed by atoms with Gasteiger partial charge in [-0.25, -0.2) is 0 Å². The second-order valence-electron chi connectivity index (χ2n) is 6.92. The normalized spacial score (nSPS) is 12.8. The molecule has 2 aromatic carbocycles. The van der Waals surface area contributed by atoms with E-state index in [0.717, 1.165) is 17.5 Å². The highest BCUT2D eigenvalue weighted by atomic mass is 16.2. The fraction of sp³-hybridized carbons (Fsp3) is 0.318. The first-order valence-electron chi connectivity index (χ1n) is 9.58. The lowest BCUT2D eigenvalue weighted by molar-refractivity contribution is -0.135. The van der Waals surface area contributed by atoms with Crippen LogP contribution in [0.25, 0.3) is 0 Å². The fourth-order valence-electron chi connectivity index (χ4n) is 3.25. The lowest BCUT2D eigenvalue weighted by Crippen LogP contribution is -2.42. The third-order valence-electron chi connectivity index (χ3n) is 4.87. The van der Waals surface area contributed by atoms with Crippen molar-refractivity contribution >= 4 is 17.7 Å². The van der Waals surface area contributed by atoms with E-state index in [0.29, 0.717) is 19.5 Å². The van der Waals surface area contributed by atoms with Crippen molar-refractivity contribution in [3.8, 4) is 0 Å². The SMILES string of the molecule is O=C(CCC(=O)N1CCc2ccccc2C1)NNC(=O)CCc1ccccc1. The molecule has 0 aromatic heterocycles. The van der Waals surface area contributed by atoms with Gasteiger partial charge in [-0.15, -0.1) is 0 Å². The summed E-state index contributed by atoms with van der Waals surface area (Å²) in [6.07, 6.45) is 1.92. The van der Waals surface area contributed by atoms with Gasteiger partial charge in [-0.1, -0.05) is 54.6 Å². The van der Waals surface area contributed by atoms with E-state index in [2.05, 4.69) is 16.9 Å². The maximum atomic E-state index is 12.4. The second kappa shape index (κ2) is 9.69. The molecule has 1 aliphatic rings. The third-order valence-corrected chi connectivity index (χ3v) is 4.87. The number of carbonyl (C=O) groups excluding carboxylic acids is 3. The standard InChI is InChI=1S/C22H25N3O3/c26-20(11-10-17-6-2-1-3-7-17)23-24-21(27)12-13-22(28)25-15-14-18-8-4-5-9-19(18)16-25/h1-9H,10-16H2,(H,23,26)(H,24,27). The van der Waals surface area contributed by atoms with E-state index in [1.807, 2.05) is 48.5 Å². The Balaban J connectivity index is 1.34. The number of hydrazine groups is 1. The summed E-state index contributed by atoms with van der Waals surface area (Å²) in [5, 5.41) is 0. The van der Waals surface area contributed by atoms with Crippen molar-refractivity contribution in [3.05, 3.63) is 71.3 Å². The summed E-state index contributed by atoms with van der Waals surface area (Å²) in [7, 11) is 0. The first kappa shape index (κ1) is 19.6. The largest absolute Gasteiger partial charge is 0.338 e. The molecule has 1 aliphatic heterocycles. The molecule has 0 atom stereocenters. The zero-order valence-electron chi connectivity index (χ0n) is 15.8. The van der Waals surface area contributed by atoms with Gasteiger partial charge >= 0.3 is 0 Å². The first-order valence-corrected chi connectivity index (χ1v) is 9.58. The van der Waals surface area contributed by atoms with Crippen LogP contribution < -0.4 is 10.9 Å². The number of benzene rings is 2. The molecule has 146 valence electrons. The van der Waals surface area contributed by atoms with E-state index in [-0.39, 0.29) is 37.0 Å². The molecular formula is C22H25N3O3. The molecule has 3 rings (SSSR count). The molecule has 2 N–H and O–H groups in total. The number of fused-ring (bicyclic) bond motifs is 1. The molecule has 0 saturated heterocycles. The van der Waals surface area contributed by atoms with E-state index in [1.54, 1.807) is 4.90 Å². The molecule has 0 bridgehead atoms. The molecule has 6 nitrogen and oxygen atoms in total. The van der Waals surface area contributed by atoms with Gasteiger partial charge in [-0.2, -0.15) is 0 Å². The summed E-state index contributed by atoms with van der Waals surface area (Å²) in [5.41, 5.74) is 8.30. The van der Waals surface area contributed by atoms with E-state index in [9.17, 15) is 14.4 Å². The van der Waals surface area contributed by atoms with Gasteiger partial charge in [-0.3, -0.25) is 25.2 Å². The Bertz CT molecular complexity index is 836. The zero-order valence-corrected chi connectivity index (χ0v) is 15.8. The topological polar surface area (TPSA) is 78.5 Å². The number of carbonyl (C=O) groups is 3. The van der Waals surface area contributed by atoms with Crippen molar-refractivity contribution < 1.29 is 14.4 Å². The first-order chi connectivity index (χ1) is 13.6. The van der Waals surface area contributed by atoms with Crippen molar-refractivity contribution in [2.45, 2.75) is 38.6 Å². The van der Waals surface area contributed by atoms with Crippen LogP contribution in [-0.2, 0) is 33.8 Å². The average Bonchev–Trinajstić information content (AvgIpc) is 2.75. The van der Waals surface area contributed by atoms with Crippen LogP contribution in [0.1, 0.15) is 36.0 Å². The number of amides is 3. The Morgan fingerprint density at radius 3 is 2.18 bits per heavy atom. The molecular weight excluding hydrogens is 354 g/mol. The fourth-order valence-corrected chi connectivity index (χ4v) is 3.25. The van der Waals surface area contributed by atoms with E-state index < -0.39 is 0 Å². The van der Waals surface area contributed by atoms with Gasteiger partial charge < -0.3 is 4.90 Å². The molecule has 0 radical (unpaired) electrons. The Labute approximate surface area is 164 Å². The van der Waals surface area contributed by atoms with Crippen molar-refractivity contribution in [1.82, 2.24) is 15.8 Å². The van der Waals surface area contributed by atoms with Gasteiger partial charge in [0, 0.05) is 32.4 Å². The minimum absolute atomic E-state index is 0.0416. The van der Waals surface area contributed by atoms with Gasteiger partial charge in [0.1, 0.15) is 0 Å². The highest BCUT2D eigenvalue weighted by Gasteiger charge is 2.20. The van der Waals surface area contributed by atoms with E-state index in [1.165, 1.54) is 5.56 Å². The summed E-state index contributed by atoms with van der Waals surface area (Å²) in [6.45, 7) is 1.26. The summed E-state index contributed by atoms with van der Waals surface area (Å²) in [5.74, 6) is -0.657. The highest BCUT2D eigenvalue weighted by molar-refractivity contribution is 5.85. The Hall–Kier alpha value is -3.15. The van der Waals surface area contributed by atoms with Gasteiger partial charge in [0.15, 0.2) is 0 Å². The minimum Gasteiger partial charge on any atom is -0.338 e. The van der Waals surface area contributed by atoms with Crippen molar-refractivity contribution in [2.24, 2.45) is 0 Å². The minimum atomic E-state index is -0.362. The van der Waals surface area contributed by atoms with Crippen LogP contribution in [0.2, 0.25) is 0 Å². The maximum Gasteiger partial charge on any atom is 0.238 e. The molecule has 0 fully saturated rings. The molecule has 0 saturated carbocycles. The molecule has 6 heteroatoms. The Kier molecular flexibility index (Phi) is 6.78. The number of aryl methyl sites for hydroxylation is 1. The maximum absolute atomic E-state index is 12.4. The van der Waals surface area contributed by atoms with Gasteiger partial charge in [0.25, 0.3) is 0 Å². The number of rotatable bonds is 6. The van der Waals surface area contributed by atoms with Crippen LogP contribution in [0.15, 0.2) is 54.6 Å². The van der Waals surface area contributed by atoms with E-state index in [4.69, 9.17) is 0 Å². The lowest BCUT2D eigenvalue weighted by atomic mass is 9.99. The Morgan fingerprint density at radius 2 is 1.43 bits per heavy atom. The molecule has 0 aliphatic carbocycles. The van der Waals surface area contributed by atoms with Crippen LogP contribution in [0.3, 0.4) is 0 Å². The van der Waals surface area contributed by atoms with Crippen LogP contribution >= 0.6 is 0 Å². The molecule has 2 aromatic rings.